The molecule has 0 N–H and O–H groups in total. The maximum absolute atomic E-state index is 12.5. The largest absolute Gasteiger partial charge is 0.471 e. The van der Waals surface area contributed by atoms with Crippen molar-refractivity contribution >= 4 is 15.9 Å². The Hall–Kier alpha value is -0.850. The van der Waals surface area contributed by atoms with Gasteiger partial charge in [0, 0.05) is 10.5 Å². The predicted molar refractivity (Wildman–Crippen MR) is 53.1 cm³/mol. The third kappa shape index (κ3) is 3.33. The van der Waals surface area contributed by atoms with Gasteiger partial charge in [0.25, 0.3) is 0 Å². The second kappa shape index (κ2) is 4.99. The van der Waals surface area contributed by atoms with Crippen LogP contribution in [-0.2, 0) is 0 Å². The van der Waals surface area contributed by atoms with E-state index in [4.69, 9.17) is 0 Å². The van der Waals surface area contributed by atoms with E-state index in [9.17, 15) is 17.6 Å². The highest BCUT2D eigenvalue weighted by molar-refractivity contribution is 9.10. The molecule has 0 saturated heterocycles. The first-order chi connectivity index (χ1) is 7.33. The van der Waals surface area contributed by atoms with Crippen LogP contribution in [0.5, 0.6) is 5.88 Å². The number of nitrogens with zero attached hydrogens (tertiary/aromatic N) is 1. The second-order valence-corrected chi connectivity index (χ2v) is 3.92. The van der Waals surface area contributed by atoms with Crippen molar-refractivity contribution in [2.24, 2.45) is 0 Å². The molecule has 0 radical (unpaired) electrons. The summed E-state index contributed by atoms with van der Waals surface area (Å²) >= 11 is 3.16. The van der Waals surface area contributed by atoms with Gasteiger partial charge in [-0.1, -0.05) is 0 Å². The molecule has 2 nitrogen and oxygen atoms in total. The second-order valence-electron chi connectivity index (χ2n) is 3.07. The Morgan fingerprint density at radius 2 is 2.06 bits per heavy atom. The molecule has 0 fully saturated rings. The van der Waals surface area contributed by atoms with Crippen LogP contribution in [0.1, 0.15) is 5.69 Å². The third-order valence-electron chi connectivity index (χ3n) is 1.73. The molecule has 0 aliphatic carbocycles. The van der Waals surface area contributed by atoms with Gasteiger partial charge < -0.3 is 4.74 Å². The highest BCUT2D eigenvalue weighted by Crippen LogP contribution is 2.24. The Morgan fingerprint density at radius 3 is 2.56 bits per heavy atom. The first-order valence-electron chi connectivity index (χ1n) is 4.25. The maximum atomic E-state index is 12.5. The number of hydrogen-bond donors (Lipinski definition) is 0. The molecule has 0 spiro atoms. The molecule has 16 heavy (non-hydrogen) atoms. The summed E-state index contributed by atoms with van der Waals surface area (Å²) in [5.41, 5.74) is 0.526. The van der Waals surface area contributed by atoms with Crippen LogP contribution in [0.3, 0.4) is 0 Å². The molecule has 0 aliphatic heterocycles. The molecule has 1 heterocycles. The van der Waals surface area contributed by atoms with E-state index in [1.54, 1.807) is 6.92 Å². The van der Waals surface area contributed by atoms with Crippen molar-refractivity contribution < 1.29 is 22.3 Å². The van der Waals surface area contributed by atoms with E-state index in [0.29, 0.717) is 10.2 Å². The van der Waals surface area contributed by atoms with Gasteiger partial charge in [0.15, 0.2) is 6.61 Å². The summed E-state index contributed by atoms with van der Waals surface area (Å²) in [6.45, 7) is 0.237. The van der Waals surface area contributed by atoms with Crippen molar-refractivity contribution in [1.29, 1.82) is 0 Å². The van der Waals surface area contributed by atoms with Crippen molar-refractivity contribution in [1.82, 2.24) is 4.98 Å². The molecule has 0 atom stereocenters. The Balaban J connectivity index is 2.65. The molecule has 1 aromatic heterocycles. The zero-order valence-electron chi connectivity index (χ0n) is 8.18. The lowest BCUT2D eigenvalue weighted by Gasteiger charge is -2.15. The Kier molecular flexibility index (Phi) is 4.12. The lowest BCUT2D eigenvalue weighted by molar-refractivity contribution is -0.148. The van der Waals surface area contributed by atoms with Gasteiger partial charge in [-0.3, -0.25) is 0 Å². The van der Waals surface area contributed by atoms with E-state index < -0.39 is 19.0 Å². The van der Waals surface area contributed by atoms with Crippen molar-refractivity contribution in [2.75, 3.05) is 6.61 Å². The summed E-state index contributed by atoms with van der Waals surface area (Å²) < 4.78 is 53.8. The van der Waals surface area contributed by atoms with E-state index in [0.717, 1.165) is 0 Å². The average Bonchev–Trinajstić information content (AvgIpc) is 2.20. The smallest absolute Gasteiger partial charge is 0.340 e. The minimum absolute atomic E-state index is 0.110. The fraction of sp³-hybridized carbons (Fsp3) is 0.444. The van der Waals surface area contributed by atoms with Crippen LogP contribution < -0.4 is 4.74 Å². The van der Waals surface area contributed by atoms with Gasteiger partial charge in [0.1, 0.15) is 0 Å². The number of aryl methyl sites for hydroxylation is 1. The first kappa shape index (κ1) is 13.2. The average molecular weight is 302 g/mol. The lowest BCUT2D eigenvalue weighted by Crippen LogP contribution is -2.33. The number of hydrogen-bond acceptors (Lipinski definition) is 2. The minimum Gasteiger partial charge on any atom is -0.471 e. The minimum atomic E-state index is -4.16. The molecule has 0 aliphatic rings. The molecule has 7 heteroatoms. The Bertz CT molecular complexity index is 373. The Morgan fingerprint density at radius 1 is 1.44 bits per heavy atom. The highest BCUT2D eigenvalue weighted by Gasteiger charge is 2.41. The number of rotatable bonds is 4. The standard InChI is InChI=1S/C9H8BrF4NO/c1-5-6(10)2-3-7(15-5)16-4-9(13,14)8(11)12/h2-3,8H,4H2,1H3. The fourth-order valence-electron chi connectivity index (χ4n) is 0.835. The molecular formula is C9H8BrF4NO. The van der Waals surface area contributed by atoms with Crippen LogP contribution in [0.15, 0.2) is 16.6 Å². The van der Waals surface area contributed by atoms with E-state index in [1.165, 1.54) is 12.1 Å². The summed E-state index contributed by atoms with van der Waals surface area (Å²) in [7, 11) is 0. The molecule has 1 rings (SSSR count). The van der Waals surface area contributed by atoms with Crippen LogP contribution in [0, 0.1) is 6.92 Å². The molecule has 0 bridgehead atoms. The van der Waals surface area contributed by atoms with E-state index in [-0.39, 0.29) is 5.88 Å². The van der Waals surface area contributed by atoms with Crippen LogP contribution in [-0.4, -0.2) is 23.9 Å². The lowest BCUT2D eigenvalue weighted by atomic mass is 10.3. The monoisotopic (exact) mass is 301 g/mol. The first-order valence-corrected chi connectivity index (χ1v) is 5.04. The molecular weight excluding hydrogens is 294 g/mol. The topological polar surface area (TPSA) is 22.1 Å². The number of ether oxygens (including phenoxy) is 1. The van der Waals surface area contributed by atoms with Gasteiger partial charge in [0.2, 0.25) is 5.88 Å². The molecule has 90 valence electrons. The van der Waals surface area contributed by atoms with Gasteiger partial charge in [-0.15, -0.1) is 0 Å². The number of halogens is 5. The normalized spacial score (nSPS) is 11.9. The van der Waals surface area contributed by atoms with Gasteiger partial charge in [-0.25, -0.2) is 13.8 Å². The number of aromatic nitrogens is 1. The number of alkyl halides is 4. The predicted octanol–water partition coefficient (Wildman–Crippen LogP) is 3.43. The fourth-order valence-corrected chi connectivity index (χ4v) is 1.06. The molecule has 1 aromatic rings. The Labute approximate surface area is 97.8 Å². The zero-order valence-corrected chi connectivity index (χ0v) is 9.77. The summed E-state index contributed by atoms with van der Waals surface area (Å²) in [6.07, 6.45) is -3.75. The van der Waals surface area contributed by atoms with Crippen molar-refractivity contribution in [3.63, 3.8) is 0 Å². The van der Waals surface area contributed by atoms with Crippen LogP contribution in [0.2, 0.25) is 0 Å². The third-order valence-corrected chi connectivity index (χ3v) is 2.57. The van der Waals surface area contributed by atoms with E-state index >= 15 is 0 Å². The van der Waals surface area contributed by atoms with Gasteiger partial charge in [-0.2, -0.15) is 8.78 Å². The molecule has 0 saturated carbocycles. The van der Waals surface area contributed by atoms with Crippen molar-refractivity contribution in [2.45, 2.75) is 19.3 Å². The van der Waals surface area contributed by atoms with E-state index in [2.05, 4.69) is 25.7 Å². The highest BCUT2D eigenvalue weighted by atomic mass is 79.9. The van der Waals surface area contributed by atoms with Crippen LogP contribution >= 0.6 is 15.9 Å². The summed E-state index contributed by atoms with van der Waals surface area (Å²) in [6, 6.07) is 2.86. The quantitative estimate of drug-likeness (QED) is 0.795. The summed E-state index contributed by atoms with van der Waals surface area (Å²) in [5.74, 6) is -4.27. The van der Waals surface area contributed by atoms with Crippen molar-refractivity contribution in [3.8, 4) is 5.88 Å². The van der Waals surface area contributed by atoms with Crippen LogP contribution in [0.25, 0.3) is 0 Å². The van der Waals surface area contributed by atoms with Gasteiger partial charge in [-0.05, 0) is 28.9 Å². The maximum Gasteiger partial charge on any atom is 0.340 e. The van der Waals surface area contributed by atoms with Crippen LogP contribution in [0.4, 0.5) is 17.6 Å². The van der Waals surface area contributed by atoms with Gasteiger partial charge in [0.05, 0.1) is 5.69 Å². The summed E-state index contributed by atoms with van der Waals surface area (Å²) in [4.78, 5) is 3.79. The summed E-state index contributed by atoms with van der Waals surface area (Å²) in [5, 5.41) is 0. The van der Waals surface area contributed by atoms with Gasteiger partial charge >= 0.3 is 12.3 Å². The molecule has 0 unspecified atom stereocenters. The zero-order chi connectivity index (χ0) is 12.3. The molecule has 0 aromatic carbocycles. The molecule has 0 amide bonds. The SMILES string of the molecule is Cc1nc(OCC(F)(F)C(F)F)ccc1Br. The van der Waals surface area contributed by atoms with Crippen molar-refractivity contribution in [3.05, 3.63) is 22.3 Å². The number of pyridine rings is 1. The van der Waals surface area contributed by atoms with E-state index in [1.807, 2.05) is 0 Å².